The third kappa shape index (κ3) is 6.75. The van der Waals surface area contributed by atoms with Gasteiger partial charge in [-0.05, 0) is 61.0 Å². The van der Waals surface area contributed by atoms with E-state index < -0.39 is 11.9 Å². The van der Waals surface area contributed by atoms with Gasteiger partial charge in [0.15, 0.2) is 0 Å². The average molecular weight is 487 g/mol. The number of fused-ring (bicyclic) bond motifs is 2. The van der Waals surface area contributed by atoms with Crippen molar-refractivity contribution in [3.8, 4) is 11.5 Å². The molecule has 2 aromatic carbocycles. The number of piperazine rings is 1. The molecule has 2 N–H and O–H groups in total. The predicted molar refractivity (Wildman–Crippen MR) is 130 cm³/mol. The lowest BCUT2D eigenvalue weighted by Gasteiger charge is -2.38. The standard InChI is InChI=1S/C21H26N2O2S.C4H4O4/c1-22-8-10-23(11-9-22)19-13-15-12-16(24-2)4-6-20(15)26-21-7-5-17(25-3)14-18(19)21;5-3(6)1-2-4(7)8/h4-7,12,14,19H,8-11,13H2,1-3H3;1-2H,(H,5,6)(H,7,8). The van der Waals surface area contributed by atoms with E-state index >= 15 is 0 Å². The molecule has 2 aliphatic rings. The first-order valence-electron chi connectivity index (χ1n) is 10.9. The molecule has 1 saturated heterocycles. The molecule has 2 aliphatic heterocycles. The van der Waals surface area contributed by atoms with Gasteiger partial charge >= 0.3 is 11.9 Å². The summed E-state index contributed by atoms with van der Waals surface area (Å²) in [6.45, 7) is 4.44. The van der Waals surface area contributed by atoms with Gasteiger partial charge in [-0.25, -0.2) is 9.59 Å². The zero-order chi connectivity index (χ0) is 24.7. The number of rotatable bonds is 5. The summed E-state index contributed by atoms with van der Waals surface area (Å²) in [5, 5.41) is 15.6. The minimum Gasteiger partial charge on any atom is -0.497 e. The third-order valence-electron chi connectivity index (χ3n) is 5.82. The summed E-state index contributed by atoms with van der Waals surface area (Å²) in [5.41, 5.74) is 2.75. The SMILES string of the molecule is COc1ccc2c(c1)CC(N1CCN(C)CC1)c1cc(OC)ccc1S2.O=C(O)C=CC(=O)O. The molecule has 1 unspecified atom stereocenters. The molecule has 1 atom stereocenters. The molecule has 4 rings (SSSR count). The summed E-state index contributed by atoms with van der Waals surface area (Å²) in [7, 11) is 5.69. The summed E-state index contributed by atoms with van der Waals surface area (Å²) in [5.74, 6) is -0.642. The Kier molecular flexibility index (Phi) is 8.98. The van der Waals surface area contributed by atoms with Gasteiger partial charge in [-0.1, -0.05) is 11.8 Å². The Labute approximate surface area is 203 Å². The number of ether oxygens (including phenoxy) is 2. The number of carbonyl (C=O) groups is 2. The number of hydrogen-bond acceptors (Lipinski definition) is 7. The third-order valence-corrected chi connectivity index (χ3v) is 7.03. The Morgan fingerprint density at radius 1 is 0.912 bits per heavy atom. The summed E-state index contributed by atoms with van der Waals surface area (Å²) >= 11 is 1.86. The quantitative estimate of drug-likeness (QED) is 0.616. The van der Waals surface area contributed by atoms with Gasteiger partial charge in [0.05, 0.1) is 14.2 Å². The van der Waals surface area contributed by atoms with Gasteiger partial charge in [0, 0.05) is 54.2 Å². The number of methoxy groups -OCH3 is 2. The molecule has 182 valence electrons. The maximum atomic E-state index is 9.55. The molecule has 0 saturated carbocycles. The highest BCUT2D eigenvalue weighted by atomic mass is 32.2. The smallest absolute Gasteiger partial charge is 0.328 e. The van der Waals surface area contributed by atoms with Crippen LogP contribution in [-0.4, -0.2) is 79.4 Å². The predicted octanol–water partition coefficient (Wildman–Crippen LogP) is 3.41. The molecule has 2 aromatic rings. The molecule has 2 heterocycles. The van der Waals surface area contributed by atoms with Gasteiger partial charge in [-0.3, -0.25) is 4.90 Å². The summed E-state index contributed by atoms with van der Waals surface area (Å²) in [6.07, 6.45) is 2.12. The molecule has 0 spiro atoms. The highest BCUT2D eigenvalue weighted by molar-refractivity contribution is 7.99. The minimum absolute atomic E-state index is 0.370. The van der Waals surface area contributed by atoms with Crippen molar-refractivity contribution >= 4 is 23.7 Å². The van der Waals surface area contributed by atoms with Crippen LogP contribution in [0.4, 0.5) is 0 Å². The molecule has 8 nitrogen and oxygen atoms in total. The Bertz CT molecular complexity index is 1030. The number of benzene rings is 2. The number of likely N-dealkylation sites (N-methyl/N-ethyl adjacent to an activating group) is 1. The van der Waals surface area contributed by atoms with E-state index in [4.69, 9.17) is 19.7 Å². The van der Waals surface area contributed by atoms with Crippen LogP contribution in [0.15, 0.2) is 58.3 Å². The van der Waals surface area contributed by atoms with Crippen molar-refractivity contribution in [3.05, 3.63) is 59.7 Å². The molecular weight excluding hydrogens is 456 g/mol. The maximum Gasteiger partial charge on any atom is 0.328 e. The second kappa shape index (κ2) is 11.9. The number of carboxylic acids is 2. The van der Waals surface area contributed by atoms with E-state index in [-0.39, 0.29) is 0 Å². The normalized spacial score (nSPS) is 18.1. The highest BCUT2D eigenvalue weighted by Crippen LogP contribution is 2.45. The summed E-state index contributed by atoms with van der Waals surface area (Å²) in [6, 6.07) is 13.3. The summed E-state index contributed by atoms with van der Waals surface area (Å²) in [4.78, 5) is 26.8. The molecule has 0 radical (unpaired) electrons. The van der Waals surface area contributed by atoms with E-state index in [0.29, 0.717) is 18.2 Å². The van der Waals surface area contributed by atoms with Crippen molar-refractivity contribution in [2.24, 2.45) is 0 Å². The number of hydrogen-bond donors (Lipinski definition) is 2. The van der Waals surface area contributed by atoms with E-state index in [1.807, 2.05) is 11.8 Å². The lowest BCUT2D eigenvalue weighted by molar-refractivity contribution is -0.134. The first kappa shape index (κ1) is 25.6. The van der Waals surface area contributed by atoms with Crippen LogP contribution >= 0.6 is 11.8 Å². The molecule has 34 heavy (non-hydrogen) atoms. The van der Waals surface area contributed by atoms with Crippen molar-refractivity contribution in [3.63, 3.8) is 0 Å². The van der Waals surface area contributed by atoms with Gasteiger partial charge in [0.25, 0.3) is 0 Å². The second-order valence-corrected chi connectivity index (χ2v) is 9.13. The summed E-state index contributed by atoms with van der Waals surface area (Å²) < 4.78 is 11.0. The molecule has 1 fully saturated rings. The van der Waals surface area contributed by atoms with Crippen LogP contribution in [0.5, 0.6) is 11.5 Å². The molecule has 9 heteroatoms. The topological polar surface area (TPSA) is 99.5 Å². The molecule has 0 amide bonds. The fourth-order valence-corrected chi connectivity index (χ4v) is 5.08. The van der Waals surface area contributed by atoms with Crippen LogP contribution in [0.1, 0.15) is 17.2 Å². The maximum absolute atomic E-state index is 9.55. The average Bonchev–Trinajstić information content (AvgIpc) is 2.99. The van der Waals surface area contributed by atoms with Crippen molar-refractivity contribution < 1.29 is 29.3 Å². The van der Waals surface area contributed by atoms with E-state index in [0.717, 1.165) is 44.1 Å². The van der Waals surface area contributed by atoms with E-state index in [9.17, 15) is 9.59 Å². The van der Waals surface area contributed by atoms with Gasteiger partial charge in [0.2, 0.25) is 0 Å². The van der Waals surface area contributed by atoms with Crippen LogP contribution < -0.4 is 9.47 Å². The Morgan fingerprint density at radius 3 is 2.03 bits per heavy atom. The molecular formula is C25H30N2O6S. The van der Waals surface area contributed by atoms with Gasteiger partial charge in [-0.2, -0.15) is 0 Å². The van der Waals surface area contributed by atoms with E-state index in [2.05, 4.69) is 53.2 Å². The molecule has 0 bridgehead atoms. The molecule has 0 aliphatic carbocycles. The van der Waals surface area contributed by atoms with Gasteiger partial charge < -0.3 is 24.6 Å². The monoisotopic (exact) mass is 486 g/mol. The van der Waals surface area contributed by atoms with Crippen LogP contribution in [-0.2, 0) is 16.0 Å². The van der Waals surface area contributed by atoms with Crippen LogP contribution in [0.2, 0.25) is 0 Å². The first-order valence-corrected chi connectivity index (χ1v) is 11.7. The lowest BCUT2D eigenvalue weighted by Crippen LogP contribution is -2.46. The highest BCUT2D eigenvalue weighted by Gasteiger charge is 2.30. The first-order chi connectivity index (χ1) is 16.3. The van der Waals surface area contributed by atoms with Crippen molar-refractivity contribution in [1.29, 1.82) is 0 Å². The Hall–Kier alpha value is -3.01. The van der Waals surface area contributed by atoms with E-state index in [1.54, 1.807) is 14.2 Å². The fraction of sp³-hybridized carbons (Fsp3) is 0.360. The van der Waals surface area contributed by atoms with Crippen LogP contribution in [0, 0.1) is 0 Å². The van der Waals surface area contributed by atoms with E-state index in [1.165, 1.54) is 20.9 Å². The Morgan fingerprint density at radius 2 is 1.47 bits per heavy atom. The zero-order valence-electron chi connectivity index (χ0n) is 19.6. The van der Waals surface area contributed by atoms with Crippen molar-refractivity contribution in [2.75, 3.05) is 47.4 Å². The van der Waals surface area contributed by atoms with Crippen molar-refractivity contribution in [2.45, 2.75) is 22.3 Å². The second-order valence-electron chi connectivity index (χ2n) is 8.05. The Balaban J connectivity index is 0.000000350. The lowest BCUT2D eigenvalue weighted by atomic mass is 9.96. The minimum atomic E-state index is -1.26. The van der Waals surface area contributed by atoms with Gasteiger partial charge in [-0.15, -0.1) is 0 Å². The number of carboxylic acid groups (broad SMARTS) is 2. The largest absolute Gasteiger partial charge is 0.497 e. The molecule has 0 aromatic heterocycles. The van der Waals surface area contributed by atoms with Crippen molar-refractivity contribution in [1.82, 2.24) is 9.80 Å². The fourth-order valence-electron chi connectivity index (χ4n) is 3.99. The number of aliphatic carboxylic acids is 2. The van der Waals surface area contributed by atoms with Crippen LogP contribution in [0.25, 0.3) is 0 Å². The van der Waals surface area contributed by atoms with Crippen LogP contribution in [0.3, 0.4) is 0 Å². The number of nitrogens with zero attached hydrogens (tertiary/aromatic N) is 2. The zero-order valence-corrected chi connectivity index (χ0v) is 20.4. The van der Waals surface area contributed by atoms with Gasteiger partial charge in [0.1, 0.15) is 11.5 Å².